The number of nitrogens with one attached hydrogen (secondary N) is 1. The number of benzene rings is 1. The molecule has 0 heterocycles. The highest BCUT2D eigenvalue weighted by molar-refractivity contribution is 5.88. The zero-order valence-electron chi connectivity index (χ0n) is 9.98. The number of carbonyl (C=O) groups is 2. The van der Waals surface area contributed by atoms with Crippen LogP contribution in [0.4, 0.5) is 0 Å². The van der Waals surface area contributed by atoms with Crippen molar-refractivity contribution in [1.29, 1.82) is 0 Å². The molecule has 0 bridgehead atoms. The molecule has 5 heteroatoms. The molecule has 1 fully saturated rings. The Morgan fingerprint density at radius 2 is 1.89 bits per heavy atom. The smallest absolute Gasteiger partial charge is 0.335 e. The first-order valence-electron chi connectivity index (χ1n) is 5.91. The van der Waals surface area contributed by atoms with Crippen molar-refractivity contribution in [3.05, 3.63) is 35.4 Å². The molecule has 0 aromatic heterocycles. The highest BCUT2D eigenvalue weighted by atomic mass is 16.4. The van der Waals surface area contributed by atoms with Crippen LogP contribution in [0, 0.1) is 0 Å². The quantitative estimate of drug-likeness (QED) is 0.737. The first-order valence-corrected chi connectivity index (χ1v) is 5.91. The topological polar surface area (TPSA) is 92.4 Å². The van der Waals surface area contributed by atoms with Gasteiger partial charge in [0.1, 0.15) is 0 Å². The Balaban J connectivity index is 1.90. The van der Waals surface area contributed by atoms with Crippen LogP contribution in [-0.2, 0) is 11.3 Å². The molecule has 5 nitrogen and oxygen atoms in total. The maximum Gasteiger partial charge on any atom is 0.335 e. The fourth-order valence-electron chi connectivity index (χ4n) is 1.91. The van der Waals surface area contributed by atoms with Crippen molar-refractivity contribution in [3.63, 3.8) is 0 Å². The van der Waals surface area contributed by atoms with Gasteiger partial charge in [0, 0.05) is 6.54 Å². The van der Waals surface area contributed by atoms with Crippen molar-refractivity contribution in [1.82, 2.24) is 5.32 Å². The summed E-state index contributed by atoms with van der Waals surface area (Å²) >= 11 is 0. The van der Waals surface area contributed by atoms with Crippen molar-refractivity contribution >= 4 is 11.9 Å². The van der Waals surface area contributed by atoms with Gasteiger partial charge in [-0.15, -0.1) is 0 Å². The van der Waals surface area contributed by atoms with Crippen LogP contribution in [0.5, 0.6) is 0 Å². The molecule has 1 aromatic rings. The maximum atomic E-state index is 11.8. The standard InChI is InChI=1S/C13H16N2O3/c14-13(6-1-7-13)12(18)15-8-9-2-4-10(5-3-9)11(16)17/h2-5H,1,6-8,14H2,(H,15,18)(H,16,17). The predicted octanol–water partition coefficient (Wildman–Crippen LogP) is 0.882. The van der Waals surface area contributed by atoms with E-state index in [-0.39, 0.29) is 11.5 Å². The van der Waals surface area contributed by atoms with E-state index >= 15 is 0 Å². The van der Waals surface area contributed by atoms with Crippen molar-refractivity contribution in [2.24, 2.45) is 5.73 Å². The molecule has 0 saturated heterocycles. The Kier molecular flexibility index (Phi) is 3.34. The molecule has 1 aromatic carbocycles. The predicted molar refractivity (Wildman–Crippen MR) is 66.0 cm³/mol. The summed E-state index contributed by atoms with van der Waals surface area (Å²) in [6, 6.07) is 6.41. The maximum absolute atomic E-state index is 11.8. The minimum absolute atomic E-state index is 0.129. The van der Waals surface area contributed by atoms with Crippen molar-refractivity contribution < 1.29 is 14.7 Å². The van der Waals surface area contributed by atoms with E-state index in [1.165, 1.54) is 12.1 Å². The third-order valence-electron chi connectivity index (χ3n) is 3.35. The lowest BCUT2D eigenvalue weighted by atomic mass is 9.77. The van der Waals surface area contributed by atoms with E-state index in [9.17, 15) is 9.59 Å². The molecular weight excluding hydrogens is 232 g/mol. The van der Waals surface area contributed by atoms with Gasteiger partial charge >= 0.3 is 5.97 Å². The highest BCUT2D eigenvalue weighted by Gasteiger charge is 2.39. The lowest BCUT2D eigenvalue weighted by Gasteiger charge is -2.36. The Hall–Kier alpha value is -1.88. The van der Waals surface area contributed by atoms with Crippen LogP contribution in [0.25, 0.3) is 0 Å². The molecule has 2 rings (SSSR count). The van der Waals surface area contributed by atoms with Crippen LogP contribution in [0.3, 0.4) is 0 Å². The molecule has 1 amide bonds. The van der Waals surface area contributed by atoms with Gasteiger partial charge in [0.25, 0.3) is 0 Å². The molecule has 18 heavy (non-hydrogen) atoms. The molecule has 0 radical (unpaired) electrons. The molecule has 4 N–H and O–H groups in total. The number of carboxylic acids is 1. The number of aromatic carboxylic acids is 1. The lowest BCUT2D eigenvalue weighted by molar-refractivity contribution is -0.129. The van der Waals surface area contributed by atoms with Gasteiger partial charge in [0.05, 0.1) is 11.1 Å². The number of hydrogen-bond donors (Lipinski definition) is 3. The summed E-state index contributed by atoms with van der Waals surface area (Å²) < 4.78 is 0. The fraction of sp³-hybridized carbons (Fsp3) is 0.385. The molecular formula is C13H16N2O3. The van der Waals surface area contributed by atoms with Crippen LogP contribution in [-0.4, -0.2) is 22.5 Å². The van der Waals surface area contributed by atoms with Crippen molar-refractivity contribution in [2.75, 3.05) is 0 Å². The van der Waals surface area contributed by atoms with Gasteiger partial charge in [-0.2, -0.15) is 0 Å². The number of hydrogen-bond acceptors (Lipinski definition) is 3. The van der Waals surface area contributed by atoms with Gasteiger partial charge < -0.3 is 16.2 Å². The summed E-state index contributed by atoms with van der Waals surface area (Å²) in [5.41, 5.74) is 6.28. The average molecular weight is 248 g/mol. The monoisotopic (exact) mass is 248 g/mol. The molecule has 1 aliphatic carbocycles. The SMILES string of the molecule is NC1(C(=O)NCc2ccc(C(=O)O)cc2)CCC1. The minimum Gasteiger partial charge on any atom is -0.478 e. The van der Waals surface area contributed by atoms with Crippen LogP contribution in [0.1, 0.15) is 35.2 Å². The first-order chi connectivity index (χ1) is 8.51. The lowest BCUT2D eigenvalue weighted by Crippen LogP contribution is -2.58. The summed E-state index contributed by atoms with van der Waals surface area (Å²) in [6.07, 6.45) is 2.46. The Labute approximate surface area is 105 Å². The Morgan fingerprint density at radius 3 is 2.33 bits per heavy atom. The molecule has 0 aliphatic heterocycles. The van der Waals surface area contributed by atoms with Gasteiger partial charge in [-0.05, 0) is 37.0 Å². The first kappa shape index (κ1) is 12.6. The van der Waals surface area contributed by atoms with Crippen molar-refractivity contribution in [3.8, 4) is 0 Å². The van der Waals surface area contributed by atoms with Gasteiger partial charge in [0.2, 0.25) is 5.91 Å². The summed E-state index contributed by atoms with van der Waals surface area (Å²) in [6.45, 7) is 0.373. The zero-order chi connectivity index (χ0) is 13.2. The van der Waals surface area contributed by atoms with Crippen LogP contribution in [0.2, 0.25) is 0 Å². The Bertz CT molecular complexity index is 464. The van der Waals surface area contributed by atoms with Crippen LogP contribution >= 0.6 is 0 Å². The fourth-order valence-corrected chi connectivity index (χ4v) is 1.91. The van der Waals surface area contributed by atoms with E-state index in [2.05, 4.69) is 5.32 Å². The summed E-state index contributed by atoms with van der Waals surface area (Å²) in [5.74, 6) is -1.09. The third kappa shape index (κ3) is 2.51. The zero-order valence-corrected chi connectivity index (χ0v) is 9.98. The minimum atomic E-state index is -0.957. The van der Waals surface area contributed by atoms with Crippen LogP contribution in [0.15, 0.2) is 24.3 Å². The number of rotatable bonds is 4. The molecule has 0 unspecified atom stereocenters. The number of carbonyl (C=O) groups excluding carboxylic acids is 1. The normalized spacial score (nSPS) is 16.7. The molecule has 1 aliphatic rings. The number of carboxylic acid groups (broad SMARTS) is 1. The van der Waals surface area contributed by atoms with Gasteiger partial charge in [-0.3, -0.25) is 4.79 Å². The van der Waals surface area contributed by atoms with Gasteiger partial charge in [-0.25, -0.2) is 4.79 Å². The second-order valence-corrected chi connectivity index (χ2v) is 4.69. The summed E-state index contributed by atoms with van der Waals surface area (Å²) in [7, 11) is 0. The van der Waals surface area contributed by atoms with E-state index in [0.717, 1.165) is 24.8 Å². The van der Waals surface area contributed by atoms with Crippen molar-refractivity contribution in [2.45, 2.75) is 31.3 Å². The largest absolute Gasteiger partial charge is 0.478 e. The summed E-state index contributed by atoms with van der Waals surface area (Å²) in [4.78, 5) is 22.4. The highest BCUT2D eigenvalue weighted by Crippen LogP contribution is 2.29. The van der Waals surface area contributed by atoms with E-state index in [1.54, 1.807) is 12.1 Å². The molecule has 0 spiro atoms. The summed E-state index contributed by atoms with van der Waals surface area (Å²) in [5, 5.41) is 11.5. The molecule has 0 atom stereocenters. The number of nitrogens with two attached hydrogens (primary N) is 1. The van der Waals surface area contributed by atoms with Gasteiger partial charge in [0.15, 0.2) is 0 Å². The second kappa shape index (κ2) is 4.78. The average Bonchev–Trinajstić information content (AvgIpc) is 2.33. The van der Waals surface area contributed by atoms with E-state index in [1.807, 2.05) is 0 Å². The van der Waals surface area contributed by atoms with E-state index in [0.29, 0.717) is 6.54 Å². The second-order valence-electron chi connectivity index (χ2n) is 4.69. The number of amides is 1. The molecule has 96 valence electrons. The third-order valence-corrected chi connectivity index (χ3v) is 3.35. The van der Waals surface area contributed by atoms with E-state index in [4.69, 9.17) is 10.8 Å². The van der Waals surface area contributed by atoms with Gasteiger partial charge in [-0.1, -0.05) is 12.1 Å². The van der Waals surface area contributed by atoms with E-state index < -0.39 is 11.5 Å². The molecule has 1 saturated carbocycles. The Morgan fingerprint density at radius 1 is 1.28 bits per heavy atom. The van der Waals surface area contributed by atoms with Crippen LogP contribution < -0.4 is 11.1 Å².